The third kappa shape index (κ3) is 2.87. The van der Waals surface area contributed by atoms with Crippen molar-refractivity contribution in [1.29, 1.82) is 0 Å². The van der Waals surface area contributed by atoms with Crippen molar-refractivity contribution in [1.82, 2.24) is 4.90 Å². The van der Waals surface area contributed by atoms with E-state index in [9.17, 15) is 18.4 Å². The molecule has 0 bridgehead atoms. The molecule has 0 saturated carbocycles. The summed E-state index contributed by atoms with van der Waals surface area (Å²) in [5.41, 5.74) is -0.411. The summed E-state index contributed by atoms with van der Waals surface area (Å²) in [4.78, 5) is 23.9. The maximum atomic E-state index is 13.5. The molecule has 1 atom stereocenters. The van der Waals surface area contributed by atoms with Gasteiger partial charge in [-0.15, -0.1) is 0 Å². The van der Waals surface area contributed by atoms with E-state index < -0.39 is 35.2 Å². The summed E-state index contributed by atoms with van der Waals surface area (Å²) in [6, 6.07) is 2.56. The fraction of sp³-hybridized carbons (Fsp3) is 0.333. The van der Waals surface area contributed by atoms with Gasteiger partial charge in [-0.2, -0.15) is 0 Å². The number of hydrogen-bond acceptors (Lipinski definition) is 3. The molecule has 0 aliphatic carbocycles. The van der Waals surface area contributed by atoms with E-state index >= 15 is 0 Å². The Hall–Kier alpha value is -2.02. The summed E-state index contributed by atoms with van der Waals surface area (Å²) >= 11 is 0. The van der Waals surface area contributed by atoms with E-state index in [1.54, 1.807) is 0 Å². The van der Waals surface area contributed by atoms with Gasteiger partial charge in [-0.3, -0.25) is 4.79 Å². The first-order valence-electron chi connectivity index (χ1n) is 5.58. The van der Waals surface area contributed by atoms with Crippen LogP contribution in [-0.4, -0.2) is 47.7 Å². The number of morpholine rings is 1. The van der Waals surface area contributed by atoms with Gasteiger partial charge in [0.2, 0.25) is 0 Å². The fourth-order valence-corrected chi connectivity index (χ4v) is 1.81. The number of carboxylic acids is 1. The van der Waals surface area contributed by atoms with Gasteiger partial charge in [-0.25, -0.2) is 13.6 Å². The molecule has 19 heavy (non-hydrogen) atoms. The van der Waals surface area contributed by atoms with E-state index in [4.69, 9.17) is 9.84 Å². The Kier molecular flexibility index (Phi) is 3.75. The maximum Gasteiger partial charge on any atom is 0.334 e. The molecule has 0 aromatic heterocycles. The lowest BCUT2D eigenvalue weighted by molar-refractivity contribution is -0.154. The second-order valence-corrected chi connectivity index (χ2v) is 4.07. The number of rotatable bonds is 2. The van der Waals surface area contributed by atoms with Gasteiger partial charge in [0.25, 0.3) is 5.91 Å². The quantitative estimate of drug-likeness (QED) is 0.867. The topological polar surface area (TPSA) is 66.8 Å². The van der Waals surface area contributed by atoms with Gasteiger partial charge < -0.3 is 14.7 Å². The molecule has 0 radical (unpaired) electrons. The monoisotopic (exact) mass is 271 g/mol. The van der Waals surface area contributed by atoms with Gasteiger partial charge in [-0.05, 0) is 18.2 Å². The van der Waals surface area contributed by atoms with Gasteiger partial charge in [0.05, 0.1) is 18.7 Å². The minimum atomic E-state index is -1.20. The van der Waals surface area contributed by atoms with E-state index in [1.165, 1.54) is 0 Å². The Balaban J connectivity index is 2.19. The predicted molar refractivity (Wildman–Crippen MR) is 59.6 cm³/mol. The minimum absolute atomic E-state index is 0.0413. The van der Waals surface area contributed by atoms with Crippen LogP contribution in [0.25, 0.3) is 0 Å². The van der Waals surface area contributed by atoms with E-state index in [1.807, 2.05) is 0 Å². The molecule has 1 N–H and O–H groups in total. The third-order valence-electron chi connectivity index (χ3n) is 2.79. The number of nitrogens with zero attached hydrogens (tertiary/aromatic N) is 1. The van der Waals surface area contributed by atoms with E-state index in [2.05, 4.69) is 0 Å². The van der Waals surface area contributed by atoms with E-state index in [0.29, 0.717) is 0 Å². The molecule has 1 heterocycles. The summed E-state index contributed by atoms with van der Waals surface area (Å²) in [6.45, 7) is -0.0116. The molecule has 1 fully saturated rings. The van der Waals surface area contributed by atoms with Crippen molar-refractivity contribution in [2.75, 3.05) is 19.7 Å². The number of carboxylic acid groups (broad SMARTS) is 1. The zero-order valence-corrected chi connectivity index (χ0v) is 9.81. The number of benzene rings is 1. The number of halogens is 2. The molecule has 1 aliphatic rings. The number of aliphatic carboxylic acids is 1. The predicted octanol–water partition coefficient (Wildman–Crippen LogP) is 0.890. The van der Waals surface area contributed by atoms with Crippen molar-refractivity contribution in [2.45, 2.75) is 6.10 Å². The molecule has 1 aliphatic heterocycles. The molecule has 1 saturated heterocycles. The second kappa shape index (κ2) is 5.31. The SMILES string of the molecule is O=C(O)[C@H]1CN(C(=O)c2cc(F)ccc2F)CCO1. The Labute approximate surface area is 107 Å². The van der Waals surface area contributed by atoms with Crippen LogP contribution in [0.1, 0.15) is 10.4 Å². The zero-order valence-electron chi connectivity index (χ0n) is 9.81. The van der Waals surface area contributed by atoms with Gasteiger partial charge in [0.1, 0.15) is 11.6 Å². The number of amides is 1. The average molecular weight is 271 g/mol. The Morgan fingerprint density at radius 3 is 2.79 bits per heavy atom. The first-order chi connectivity index (χ1) is 8.99. The lowest BCUT2D eigenvalue weighted by atomic mass is 10.1. The van der Waals surface area contributed by atoms with Crippen molar-refractivity contribution in [3.8, 4) is 0 Å². The normalized spacial score (nSPS) is 19.3. The van der Waals surface area contributed by atoms with E-state index in [0.717, 1.165) is 23.1 Å². The zero-order chi connectivity index (χ0) is 14.0. The van der Waals surface area contributed by atoms with Crippen LogP contribution in [0.15, 0.2) is 18.2 Å². The van der Waals surface area contributed by atoms with Crippen LogP contribution in [0.3, 0.4) is 0 Å². The molecular formula is C12H11F2NO4. The molecule has 0 spiro atoms. The number of ether oxygens (including phenoxy) is 1. The van der Waals surface area contributed by atoms with Crippen molar-refractivity contribution in [2.24, 2.45) is 0 Å². The standard InChI is InChI=1S/C12H11F2NO4/c13-7-1-2-9(14)8(5-7)11(16)15-3-4-19-10(6-15)12(17)18/h1-2,5,10H,3-4,6H2,(H,17,18)/t10-/m1/s1. The third-order valence-corrected chi connectivity index (χ3v) is 2.79. The number of carbonyl (C=O) groups excluding carboxylic acids is 1. The van der Waals surface area contributed by atoms with Crippen LogP contribution in [0.5, 0.6) is 0 Å². The maximum absolute atomic E-state index is 13.5. The Morgan fingerprint density at radius 1 is 1.37 bits per heavy atom. The van der Waals surface area contributed by atoms with Crippen LogP contribution in [0, 0.1) is 11.6 Å². The average Bonchev–Trinajstić information content (AvgIpc) is 2.41. The number of hydrogen-bond donors (Lipinski definition) is 1. The van der Waals surface area contributed by atoms with Crippen molar-refractivity contribution in [3.05, 3.63) is 35.4 Å². The van der Waals surface area contributed by atoms with E-state index in [-0.39, 0.29) is 19.7 Å². The lowest BCUT2D eigenvalue weighted by Gasteiger charge is -2.30. The molecule has 1 aromatic carbocycles. The van der Waals surface area contributed by atoms with Gasteiger partial charge in [-0.1, -0.05) is 0 Å². The molecular weight excluding hydrogens is 260 g/mol. The summed E-state index contributed by atoms with van der Waals surface area (Å²) in [7, 11) is 0. The van der Waals surface area contributed by atoms with Crippen molar-refractivity contribution >= 4 is 11.9 Å². The fourth-order valence-electron chi connectivity index (χ4n) is 1.81. The van der Waals surface area contributed by atoms with Crippen LogP contribution < -0.4 is 0 Å². The second-order valence-electron chi connectivity index (χ2n) is 4.07. The first-order valence-corrected chi connectivity index (χ1v) is 5.58. The van der Waals surface area contributed by atoms with Crippen LogP contribution in [0.2, 0.25) is 0 Å². The Bertz CT molecular complexity index is 520. The van der Waals surface area contributed by atoms with Gasteiger partial charge in [0.15, 0.2) is 6.10 Å². The Morgan fingerprint density at radius 2 is 2.11 bits per heavy atom. The summed E-state index contributed by atoms with van der Waals surface area (Å²) in [5.74, 6) is -3.51. The lowest BCUT2D eigenvalue weighted by Crippen LogP contribution is -2.48. The summed E-state index contributed by atoms with van der Waals surface area (Å²) in [5, 5.41) is 8.81. The van der Waals surface area contributed by atoms with Gasteiger partial charge in [0, 0.05) is 6.54 Å². The minimum Gasteiger partial charge on any atom is -0.479 e. The molecule has 2 rings (SSSR count). The van der Waals surface area contributed by atoms with Crippen molar-refractivity contribution < 1.29 is 28.2 Å². The number of carbonyl (C=O) groups is 2. The smallest absolute Gasteiger partial charge is 0.334 e. The highest BCUT2D eigenvalue weighted by atomic mass is 19.1. The molecule has 1 amide bonds. The van der Waals surface area contributed by atoms with Crippen molar-refractivity contribution in [3.63, 3.8) is 0 Å². The van der Waals surface area contributed by atoms with Gasteiger partial charge >= 0.3 is 5.97 Å². The highest BCUT2D eigenvalue weighted by molar-refractivity contribution is 5.95. The molecule has 7 heteroatoms. The van der Waals surface area contributed by atoms with Crippen LogP contribution in [-0.2, 0) is 9.53 Å². The van der Waals surface area contributed by atoms with Crippen LogP contribution in [0.4, 0.5) is 8.78 Å². The largest absolute Gasteiger partial charge is 0.479 e. The molecule has 102 valence electrons. The molecule has 0 unspecified atom stereocenters. The first kappa shape index (κ1) is 13.4. The highest BCUT2D eigenvalue weighted by Gasteiger charge is 2.30. The summed E-state index contributed by atoms with van der Waals surface area (Å²) in [6.07, 6.45) is -1.14. The highest BCUT2D eigenvalue weighted by Crippen LogP contribution is 2.15. The molecule has 5 nitrogen and oxygen atoms in total. The van der Waals surface area contributed by atoms with Crippen LogP contribution >= 0.6 is 0 Å². The molecule has 1 aromatic rings. The summed E-state index contributed by atoms with van der Waals surface area (Å²) < 4.78 is 31.4.